The highest BCUT2D eigenvalue weighted by Crippen LogP contribution is 2.35. The second-order valence-corrected chi connectivity index (χ2v) is 10.5. The molecule has 212 valence electrons. The molecule has 11 heteroatoms. The molecule has 0 saturated carbocycles. The lowest BCUT2D eigenvalue weighted by atomic mass is 10.1. The number of anilines is 4. The highest BCUT2D eigenvalue weighted by Gasteiger charge is 2.15. The molecule has 0 radical (unpaired) electrons. The summed E-state index contributed by atoms with van der Waals surface area (Å²) in [7, 11) is 1.55. The van der Waals surface area contributed by atoms with Gasteiger partial charge in [0.05, 0.1) is 11.1 Å². The number of urea groups is 1. The van der Waals surface area contributed by atoms with E-state index in [1.54, 1.807) is 49.5 Å². The number of hydrogen-bond acceptors (Lipinski definition) is 7. The lowest BCUT2D eigenvalue weighted by Gasteiger charge is -2.16. The van der Waals surface area contributed by atoms with Crippen molar-refractivity contribution >= 4 is 61.8 Å². The van der Waals surface area contributed by atoms with Crippen LogP contribution in [0, 0.1) is 0 Å². The van der Waals surface area contributed by atoms with Crippen molar-refractivity contribution in [2.45, 2.75) is 19.8 Å². The monoisotopic (exact) mass is 625 g/mol. The molecule has 2 heterocycles. The lowest BCUT2D eigenvalue weighted by molar-refractivity contribution is 0.102. The van der Waals surface area contributed by atoms with Gasteiger partial charge in [-0.05, 0) is 84.8 Å². The summed E-state index contributed by atoms with van der Waals surface area (Å²) < 4.78 is 7.12. The molecule has 0 atom stereocenters. The largest absolute Gasteiger partial charge is 0.455 e. The van der Waals surface area contributed by atoms with Gasteiger partial charge in [-0.2, -0.15) is 0 Å². The molecule has 5 aromatic rings. The number of fused-ring (bicyclic) bond motifs is 1. The van der Waals surface area contributed by atoms with Crippen molar-refractivity contribution in [3.8, 4) is 11.5 Å². The number of hydrogen-bond donors (Lipinski definition) is 4. The van der Waals surface area contributed by atoms with E-state index in [9.17, 15) is 9.59 Å². The van der Waals surface area contributed by atoms with E-state index in [0.29, 0.717) is 45.6 Å². The van der Waals surface area contributed by atoms with Crippen molar-refractivity contribution in [3.05, 3.63) is 101 Å². The van der Waals surface area contributed by atoms with Crippen LogP contribution in [0.25, 0.3) is 11.0 Å². The Morgan fingerprint density at radius 2 is 1.57 bits per heavy atom. The normalized spacial score (nSPS) is 10.8. The highest BCUT2D eigenvalue weighted by molar-refractivity contribution is 9.10. The van der Waals surface area contributed by atoms with E-state index in [-0.39, 0.29) is 17.9 Å². The third kappa shape index (κ3) is 6.81. The summed E-state index contributed by atoms with van der Waals surface area (Å²) >= 11 is 3.41. The Labute approximate surface area is 251 Å². The van der Waals surface area contributed by atoms with Gasteiger partial charge in [0.2, 0.25) is 0 Å². The molecule has 0 fully saturated rings. The number of carbonyl (C=O) groups is 2. The summed E-state index contributed by atoms with van der Waals surface area (Å²) in [4.78, 5) is 38.3. The van der Waals surface area contributed by atoms with E-state index in [1.165, 1.54) is 6.33 Å². The standard InChI is InChI=1S/C31H28BrN7O3/c1-18(2)25-14-13-24-28(38-25)34-17-35-29(24)39-26-16-19(30(40)36-21-7-5-20(32)6-8-21)4-15-27(26)42-23-11-9-22(10-12-23)37-31(41)33-3/h4-18H,1-3H3,(H,36,40)(H2,33,37,41)(H,34,35,38,39). The average molecular weight is 627 g/mol. The van der Waals surface area contributed by atoms with Gasteiger partial charge in [-0.1, -0.05) is 29.8 Å². The molecule has 0 aliphatic rings. The minimum atomic E-state index is -0.320. The van der Waals surface area contributed by atoms with Crippen LogP contribution in [0.5, 0.6) is 11.5 Å². The van der Waals surface area contributed by atoms with Gasteiger partial charge in [0.1, 0.15) is 17.9 Å². The van der Waals surface area contributed by atoms with Gasteiger partial charge in [0, 0.05) is 34.2 Å². The molecule has 0 aliphatic carbocycles. The van der Waals surface area contributed by atoms with Crippen molar-refractivity contribution in [2.75, 3.05) is 23.0 Å². The third-order valence-corrected chi connectivity index (χ3v) is 6.80. The van der Waals surface area contributed by atoms with E-state index in [4.69, 9.17) is 4.74 Å². The molecule has 0 spiro atoms. The van der Waals surface area contributed by atoms with Crippen LogP contribution in [0.2, 0.25) is 0 Å². The summed E-state index contributed by atoms with van der Waals surface area (Å²) in [5.41, 5.74) is 3.69. The first-order chi connectivity index (χ1) is 20.3. The number of ether oxygens (including phenoxy) is 1. The van der Waals surface area contributed by atoms with E-state index >= 15 is 0 Å². The van der Waals surface area contributed by atoms with Crippen LogP contribution in [0.4, 0.5) is 27.7 Å². The fourth-order valence-electron chi connectivity index (χ4n) is 4.03. The molecule has 0 saturated heterocycles. The van der Waals surface area contributed by atoms with E-state index in [2.05, 4.69) is 66.0 Å². The van der Waals surface area contributed by atoms with Crippen LogP contribution in [0.15, 0.2) is 89.7 Å². The lowest BCUT2D eigenvalue weighted by Crippen LogP contribution is -2.24. The minimum Gasteiger partial charge on any atom is -0.455 e. The van der Waals surface area contributed by atoms with Gasteiger partial charge >= 0.3 is 6.03 Å². The fraction of sp³-hybridized carbons (Fsp3) is 0.129. The molecule has 42 heavy (non-hydrogen) atoms. The molecule has 10 nitrogen and oxygen atoms in total. The number of nitrogens with zero attached hydrogens (tertiary/aromatic N) is 3. The number of aromatic nitrogens is 3. The van der Waals surface area contributed by atoms with Gasteiger partial charge in [-0.15, -0.1) is 0 Å². The van der Waals surface area contributed by atoms with Crippen molar-refractivity contribution in [3.63, 3.8) is 0 Å². The molecule has 0 aliphatic heterocycles. The summed E-state index contributed by atoms with van der Waals surface area (Å²) in [6, 6.07) is 22.9. The first kappa shape index (κ1) is 28.5. The molecule has 5 rings (SSSR count). The molecule has 0 unspecified atom stereocenters. The number of rotatable bonds is 8. The number of pyridine rings is 1. The maximum atomic E-state index is 13.2. The van der Waals surface area contributed by atoms with Crippen molar-refractivity contribution in [1.29, 1.82) is 0 Å². The summed E-state index contributed by atoms with van der Waals surface area (Å²) in [6.07, 6.45) is 1.45. The molecular weight excluding hydrogens is 598 g/mol. The van der Waals surface area contributed by atoms with E-state index in [1.807, 2.05) is 36.4 Å². The van der Waals surface area contributed by atoms with Gasteiger partial charge < -0.3 is 26.0 Å². The SMILES string of the molecule is CNC(=O)Nc1ccc(Oc2ccc(C(=O)Nc3ccc(Br)cc3)cc2Nc2ncnc3nc(C(C)C)ccc23)cc1. The number of halogens is 1. The maximum Gasteiger partial charge on any atom is 0.318 e. The second kappa shape index (κ2) is 12.6. The van der Waals surface area contributed by atoms with Crippen LogP contribution < -0.4 is 26.0 Å². The maximum absolute atomic E-state index is 13.2. The number of amides is 3. The van der Waals surface area contributed by atoms with Crippen molar-refractivity contribution in [1.82, 2.24) is 20.3 Å². The predicted octanol–water partition coefficient (Wildman–Crippen LogP) is 7.45. The minimum absolute atomic E-state index is 0.250. The van der Waals surface area contributed by atoms with Crippen LogP contribution in [0.3, 0.4) is 0 Å². The third-order valence-electron chi connectivity index (χ3n) is 6.27. The molecule has 4 N–H and O–H groups in total. The number of benzene rings is 3. The first-order valence-corrected chi connectivity index (χ1v) is 13.9. The van der Waals surface area contributed by atoms with Crippen molar-refractivity contribution < 1.29 is 14.3 Å². The molecule has 3 aromatic carbocycles. The summed E-state index contributed by atoms with van der Waals surface area (Å²) in [5.74, 6) is 1.47. The number of nitrogens with one attached hydrogen (secondary N) is 4. The fourth-order valence-corrected chi connectivity index (χ4v) is 4.29. The first-order valence-electron chi connectivity index (χ1n) is 13.2. The van der Waals surface area contributed by atoms with Crippen LogP contribution in [-0.2, 0) is 0 Å². The Morgan fingerprint density at radius 3 is 2.29 bits per heavy atom. The Hall–Kier alpha value is -5.03. The van der Waals surface area contributed by atoms with Crippen LogP contribution in [-0.4, -0.2) is 33.9 Å². The van der Waals surface area contributed by atoms with Crippen LogP contribution >= 0.6 is 15.9 Å². The molecule has 3 amide bonds. The van der Waals surface area contributed by atoms with Gasteiger partial charge in [0.25, 0.3) is 5.91 Å². The number of carbonyl (C=O) groups excluding carboxylic acids is 2. The Balaban J connectivity index is 1.48. The van der Waals surface area contributed by atoms with Gasteiger partial charge in [-0.3, -0.25) is 4.79 Å². The zero-order chi connectivity index (χ0) is 29.6. The summed E-state index contributed by atoms with van der Waals surface area (Å²) in [5, 5.41) is 12.2. The summed E-state index contributed by atoms with van der Waals surface area (Å²) in [6.45, 7) is 4.15. The molecule has 0 bridgehead atoms. The zero-order valence-electron chi connectivity index (χ0n) is 23.1. The van der Waals surface area contributed by atoms with Crippen LogP contribution in [0.1, 0.15) is 35.8 Å². The second-order valence-electron chi connectivity index (χ2n) is 9.61. The molecular formula is C31H28BrN7O3. The quantitative estimate of drug-likeness (QED) is 0.141. The Morgan fingerprint density at radius 1 is 0.857 bits per heavy atom. The Bertz CT molecular complexity index is 1740. The van der Waals surface area contributed by atoms with Crippen molar-refractivity contribution in [2.24, 2.45) is 0 Å². The highest BCUT2D eigenvalue weighted by atomic mass is 79.9. The predicted molar refractivity (Wildman–Crippen MR) is 168 cm³/mol. The van der Waals surface area contributed by atoms with Gasteiger partial charge in [0.15, 0.2) is 11.4 Å². The van der Waals surface area contributed by atoms with E-state index < -0.39 is 0 Å². The smallest absolute Gasteiger partial charge is 0.318 e. The topological polar surface area (TPSA) is 130 Å². The molecule has 2 aromatic heterocycles. The average Bonchev–Trinajstić information content (AvgIpc) is 2.99. The Kier molecular flexibility index (Phi) is 8.58. The van der Waals surface area contributed by atoms with E-state index in [0.717, 1.165) is 15.6 Å². The van der Waals surface area contributed by atoms with Gasteiger partial charge in [-0.25, -0.2) is 19.7 Å². The zero-order valence-corrected chi connectivity index (χ0v) is 24.7.